The van der Waals surface area contributed by atoms with Crippen LogP contribution >= 0.6 is 22.9 Å². The summed E-state index contributed by atoms with van der Waals surface area (Å²) in [4.78, 5) is 29.5. The second kappa shape index (κ2) is 8.73. The van der Waals surface area contributed by atoms with Crippen LogP contribution in [0.25, 0.3) is 10.9 Å². The SMILES string of the molecule is Cc1ccc(NC(=O)C(Cc2c[nH]c3ccccc23)NC(=O)c2cccs2)cc1Cl. The van der Waals surface area contributed by atoms with Crippen molar-refractivity contribution in [1.82, 2.24) is 10.3 Å². The molecule has 0 aliphatic rings. The standard InChI is InChI=1S/C23H20ClN3O2S/c1-14-8-9-16(12-18(14)24)26-22(28)20(27-23(29)21-7-4-10-30-21)11-15-13-25-19-6-3-2-5-17(15)19/h2-10,12-13,20,25H,11H2,1H3,(H,26,28)(H,27,29). The van der Waals surface area contributed by atoms with Crippen molar-refractivity contribution in [2.24, 2.45) is 0 Å². The van der Waals surface area contributed by atoms with E-state index in [-0.39, 0.29) is 11.8 Å². The molecule has 0 radical (unpaired) electrons. The number of carbonyl (C=O) groups excluding carboxylic acids is 2. The highest BCUT2D eigenvalue weighted by molar-refractivity contribution is 7.12. The molecule has 1 atom stereocenters. The maximum absolute atomic E-state index is 13.1. The second-order valence-corrected chi connectivity index (χ2v) is 8.38. The van der Waals surface area contributed by atoms with Crippen LogP contribution in [-0.4, -0.2) is 22.8 Å². The molecule has 0 aliphatic carbocycles. The molecule has 3 N–H and O–H groups in total. The molecule has 0 bridgehead atoms. The topological polar surface area (TPSA) is 74.0 Å². The number of aryl methyl sites for hydroxylation is 1. The van der Waals surface area contributed by atoms with Crippen molar-refractivity contribution in [3.63, 3.8) is 0 Å². The number of thiophene rings is 1. The number of para-hydroxylation sites is 1. The summed E-state index contributed by atoms with van der Waals surface area (Å²) in [6.07, 6.45) is 2.23. The Hall–Kier alpha value is -3.09. The van der Waals surface area contributed by atoms with Gasteiger partial charge >= 0.3 is 0 Å². The predicted octanol–water partition coefficient (Wildman–Crippen LogP) is 5.17. The van der Waals surface area contributed by atoms with Gasteiger partial charge in [0, 0.05) is 34.2 Å². The second-order valence-electron chi connectivity index (χ2n) is 7.02. The summed E-state index contributed by atoms with van der Waals surface area (Å²) < 4.78 is 0. The van der Waals surface area contributed by atoms with E-state index >= 15 is 0 Å². The number of anilines is 1. The fraction of sp³-hybridized carbons (Fsp3) is 0.130. The molecule has 0 fully saturated rings. The van der Waals surface area contributed by atoms with E-state index in [0.717, 1.165) is 22.0 Å². The molecule has 1 unspecified atom stereocenters. The molecule has 7 heteroatoms. The highest BCUT2D eigenvalue weighted by Crippen LogP contribution is 2.22. The Kier molecular flexibility index (Phi) is 5.88. The van der Waals surface area contributed by atoms with Gasteiger partial charge in [-0.1, -0.05) is 41.9 Å². The van der Waals surface area contributed by atoms with E-state index in [1.807, 2.05) is 54.9 Å². The molecule has 0 spiro atoms. The molecule has 0 saturated carbocycles. The van der Waals surface area contributed by atoms with Gasteiger partial charge in [0.25, 0.3) is 5.91 Å². The molecule has 2 heterocycles. The minimum Gasteiger partial charge on any atom is -0.361 e. The number of amides is 2. The lowest BCUT2D eigenvalue weighted by atomic mass is 10.0. The average Bonchev–Trinajstić information content (AvgIpc) is 3.41. The lowest BCUT2D eigenvalue weighted by molar-refractivity contribution is -0.118. The number of fused-ring (bicyclic) bond motifs is 1. The molecular weight excluding hydrogens is 418 g/mol. The molecule has 0 saturated heterocycles. The molecular formula is C23H20ClN3O2S. The van der Waals surface area contributed by atoms with E-state index in [0.29, 0.717) is 22.0 Å². The first-order valence-electron chi connectivity index (χ1n) is 9.47. The van der Waals surface area contributed by atoms with Gasteiger partial charge in [-0.3, -0.25) is 9.59 Å². The van der Waals surface area contributed by atoms with Crippen molar-refractivity contribution >= 4 is 51.3 Å². The van der Waals surface area contributed by atoms with E-state index in [2.05, 4.69) is 15.6 Å². The van der Waals surface area contributed by atoms with E-state index < -0.39 is 6.04 Å². The summed E-state index contributed by atoms with van der Waals surface area (Å²) in [5.74, 6) is -0.572. The van der Waals surface area contributed by atoms with Gasteiger partial charge in [0.2, 0.25) is 5.91 Å². The van der Waals surface area contributed by atoms with Crippen molar-refractivity contribution in [2.75, 3.05) is 5.32 Å². The van der Waals surface area contributed by atoms with Crippen molar-refractivity contribution in [3.05, 3.63) is 87.2 Å². The van der Waals surface area contributed by atoms with E-state index in [1.54, 1.807) is 18.2 Å². The van der Waals surface area contributed by atoms with E-state index in [4.69, 9.17) is 11.6 Å². The number of rotatable bonds is 6. The third-order valence-corrected chi connectivity index (χ3v) is 6.18. The highest BCUT2D eigenvalue weighted by atomic mass is 35.5. The Balaban J connectivity index is 1.59. The highest BCUT2D eigenvalue weighted by Gasteiger charge is 2.24. The van der Waals surface area contributed by atoms with Crippen LogP contribution in [0, 0.1) is 6.92 Å². The van der Waals surface area contributed by atoms with Gasteiger partial charge in [-0.25, -0.2) is 0 Å². The van der Waals surface area contributed by atoms with Gasteiger partial charge in [-0.15, -0.1) is 11.3 Å². The Morgan fingerprint density at radius 2 is 1.97 bits per heavy atom. The molecule has 4 rings (SSSR count). The van der Waals surface area contributed by atoms with Gasteiger partial charge in [0.1, 0.15) is 6.04 Å². The third-order valence-electron chi connectivity index (χ3n) is 4.91. The molecule has 2 aromatic heterocycles. The summed E-state index contributed by atoms with van der Waals surface area (Å²) >= 11 is 7.52. The lowest BCUT2D eigenvalue weighted by Gasteiger charge is -2.18. The number of aromatic nitrogens is 1. The number of benzene rings is 2. The van der Waals surface area contributed by atoms with Crippen molar-refractivity contribution < 1.29 is 9.59 Å². The molecule has 2 aromatic carbocycles. The summed E-state index contributed by atoms with van der Waals surface area (Å²) in [5, 5.41) is 9.19. The fourth-order valence-electron chi connectivity index (χ4n) is 3.27. The molecule has 30 heavy (non-hydrogen) atoms. The van der Waals surface area contributed by atoms with Gasteiger partial charge in [-0.05, 0) is 47.7 Å². The number of hydrogen-bond acceptors (Lipinski definition) is 3. The maximum atomic E-state index is 13.1. The largest absolute Gasteiger partial charge is 0.361 e. The van der Waals surface area contributed by atoms with Gasteiger partial charge < -0.3 is 15.6 Å². The number of aromatic amines is 1. The fourth-order valence-corrected chi connectivity index (χ4v) is 4.07. The van der Waals surface area contributed by atoms with Crippen LogP contribution in [0.5, 0.6) is 0 Å². The van der Waals surface area contributed by atoms with E-state index in [1.165, 1.54) is 11.3 Å². The molecule has 4 aromatic rings. The zero-order valence-corrected chi connectivity index (χ0v) is 17.8. The van der Waals surface area contributed by atoms with Crippen LogP contribution in [0.3, 0.4) is 0 Å². The van der Waals surface area contributed by atoms with Crippen LogP contribution in [0.4, 0.5) is 5.69 Å². The van der Waals surface area contributed by atoms with Gasteiger partial charge in [0.05, 0.1) is 4.88 Å². The number of carbonyl (C=O) groups is 2. The van der Waals surface area contributed by atoms with Gasteiger partial charge in [-0.2, -0.15) is 0 Å². The zero-order chi connectivity index (χ0) is 21.1. The summed E-state index contributed by atoms with van der Waals surface area (Å²) in [6.45, 7) is 1.90. The van der Waals surface area contributed by atoms with Crippen LogP contribution < -0.4 is 10.6 Å². The summed E-state index contributed by atoms with van der Waals surface area (Å²) in [7, 11) is 0. The number of H-pyrrole nitrogens is 1. The van der Waals surface area contributed by atoms with Crippen molar-refractivity contribution in [2.45, 2.75) is 19.4 Å². The molecule has 2 amide bonds. The van der Waals surface area contributed by atoms with Crippen LogP contribution in [-0.2, 0) is 11.2 Å². The first-order chi connectivity index (χ1) is 14.5. The molecule has 152 valence electrons. The monoisotopic (exact) mass is 437 g/mol. The quantitative estimate of drug-likeness (QED) is 0.389. The van der Waals surface area contributed by atoms with Crippen molar-refractivity contribution in [3.8, 4) is 0 Å². The minimum atomic E-state index is -0.751. The smallest absolute Gasteiger partial charge is 0.262 e. The number of halogens is 1. The predicted molar refractivity (Wildman–Crippen MR) is 122 cm³/mol. The average molecular weight is 438 g/mol. The Bertz CT molecular complexity index is 1200. The maximum Gasteiger partial charge on any atom is 0.262 e. The van der Waals surface area contributed by atoms with E-state index in [9.17, 15) is 9.59 Å². The van der Waals surface area contributed by atoms with Crippen molar-refractivity contribution in [1.29, 1.82) is 0 Å². The minimum absolute atomic E-state index is 0.271. The normalized spacial score (nSPS) is 11.9. The number of hydrogen-bond donors (Lipinski definition) is 3. The Morgan fingerprint density at radius 3 is 2.73 bits per heavy atom. The lowest BCUT2D eigenvalue weighted by Crippen LogP contribution is -2.45. The van der Waals surface area contributed by atoms with Crippen LogP contribution in [0.15, 0.2) is 66.2 Å². The van der Waals surface area contributed by atoms with Gasteiger partial charge in [0.15, 0.2) is 0 Å². The number of nitrogens with one attached hydrogen (secondary N) is 3. The zero-order valence-electron chi connectivity index (χ0n) is 16.2. The molecule has 5 nitrogen and oxygen atoms in total. The first kappa shape index (κ1) is 20.2. The van der Waals surface area contributed by atoms with Crippen LogP contribution in [0.1, 0.15) is 20.8 Å². The first-order valence-corrected chi connectivity index (χ1v) is 10.7. The summed E-state index contributed by atoms with van der Waals surface area (Å²) in [5.41, 5.74) is 3.46. The van der Waals surface area contributed by atoms with Crippen LogP contribution in [0.2, 0.25) is 5.02 Å². The Labute approximate surface area is 183 Å². The molecule has 0 aliphatic heterocycles. The Morgan fingerprint density at radius 1 is 1.13 bits per heavy atom. The third kappa shape index (κ3) is 4.40. The summed E-state index contributed by atoms with van der Waals surface area (Å²) in [6, 6.07) is 16.0.